The Bertz CT molecular complexity index is 712. The molecule has 5 nitrogen and oxygen atoms in total. The first-order valence-electron chi connectivity index (χ1n) is 9.33. The zero-order chi connectivity index (χ0) is 19.6. The molecule has 1 radical (unpaired) electrons. The van der Waals surface area contributed by atoms with E-state index in [1.165, 1.54) is 5.56 Å². The van der Waals surface area contributed by atoms with Crippen molar-refractivity contribution in [3.63, 3.8) is 0 Å². The molecule has 0 aliphatic heterocycles. The zero-order valence-electron chi connectivity index (χ0n) is 16.5. The second-order valence-electron chi connectivity index (χ2n) is 6.89. The van der Waals surface area contributed by atoms with Gasteiger partial charge in [0.25, 0.3) is 0 Å². The van der Waals surface area contributed by atoms with Crippen LogP contribution in [0.1, 0.15) is 23.1 Å². The van der Waals surface area contributed by atoms with Gasteiger partial charge in [-0.3, -0.25) is 4.79 Å². The number of hydrogen-bond donors (Lipinski definition) is 4. The van der Waals surface area contributed by atoms with Crippen molar-refractivity contribution < 1.29 is 42.6 Å². The molecule has 149 valence electrons. The van der Waals surface area contributed by atoms with Gasteiger partial charge >= 0.3 is 0 Å². The fraction of sp³-hybridized carbons (Fsp3) is 0.364. The summed E-state index contributed by atoms with van der Waals surface area (Å²) < 4.78 is 0. The van der Waals surface area contributed by atoms with E-state index in [0.717, 1.165) is 11.1 Å². The van der Waals surface area contributed by atoms with E-state index in [1.54, 1.807) is 0 Å². The Morgan fingerprint density at radius 3 is 2.46 bits per heavy atom. The number of nitrogens with one attached hydrogen (secondary N) is 2. The summed E-state index contributed by atoms with van der Waals surface area (Å²) in [6, 6.07) is 16.9. The molecule has 2 rings (SSSR count). The molecule has 2 aromatic carbocycles. The number of aliphatic hydroxyl groups excluding tert-OH is 1. The van der Waals surface area contributed by atoms with Crippen LogP contribution in [0.4, 0.5) is 0 Å². The molecule has 0 fully saturated rings. The Labute approximate surface area is 193 Å². The summed E-state index contributed by atoms with van der Waals surface area (Å²) in [4.78, 5) is 12.2. The maximum atomic E-state index is 12.2. The van der Waals surface area contributed by atoms with Crippen molar-refractivity contribution in [3.8, 4) is 0 Å². The first-order valence-corrected chi connectivity index (χ1v) is 9.33. The zero-order valence-corrected chi connectivity index (χ0v) is 19.3. The number of nitrogens with two attached hydrogens (primary N) is 1. The number of amides is 1. The third kappa shape index (κ3) is 8.50. The number of aliphatic hydroxyl groups is 1. The van der Waals surface area contributed by atoms with E-state index in [-0.39, 0.29) is 38.6 Å². The number of benzene rings is 2. The maximum absolute atomic E-state index is 12.2. The molecule has 28 heavy (non-hydrogen) atoms. The molecule has 0 aromatic heterocycles. The van der Waals surface area contributed by atoms with E-state index in [9.17, 15) is 9.90 Å². The third-order valence-electron chi connectivity index (χ3n) is 4.50. The van der Waals surface area contributed by atoms with Crippen LogP contribution in [0.5, 0.6) is 0 Å². The molecule has 3 unspecified atom stereocenters. The Balaban J connectivity index is 0.00000392. The Kier molecular flexibility index (Phi) is 11.7. The standard InChI is InChI=1S/C22H30N3O2.Y/c1-3-19(23)22(27)25-20(13-17-9-5-4-6-10-17)21(26)15-24-14-18-11-7-8-16(2)12-18;/h4-12,19-21,24,26H,1,3,13-15,23H2,2H3,(H,25,27);/q-1;. The van der Waals surface area contributed by atoms with Crippen LogP contribution in [0.15, 0.2) is 54.6 Å². The maximum Gasteiger partial charge on any atom is 0.234 e. The molecule has 2 aromatic rings. The molecule has 5 N–H and O–H groups in total. The molecule has 0 aliphatic carbocycles. The van der Waals surface area contributed by atoms with Crippen molar-refractivity contribution >= 4 is 5.91 Å². The van der Waals surface area contributed by atoms with Gasteiger partial charge in [0.15, 0.2) is 0 Å². The van der Waals surface area contributed by atoms with Gasteiger partial charge in [0.1, 0.15) is 0 Å². The molecular weight excluding hydrogens is 427 g/mol. The number of rotatable bonds is 10. The van der Waals surface area contributed by atoms with Gasteiger partial charge in [-0.05, 0) is 24.5 Å². The molecule has 0 heterocycles. The summed E-state index contributed by atoms with van der Waals surface area (Å²) >= 11 is 0. The fourth-order valence-corrected chi connectivity index (χ4v) is 2.90. The van der Waals surface area contributed by atoms with Gasteiger partial charge in [-0.1, -0.05) is 60.2 Å². The number of hydrogen-bond acceptors (Lipinski definition) is 4. The Morgan fingerprint density at radius 2 is 1.82 bits per heavy atom. The molecule has 1 amide bonds. The van der Waals surface area contributed by atoms with E-state index >= 15 is 0 Å². The SMILES string of the molecule is [CH2-]CC(N)C(=O)NC(Cc1ccccc1)C(O)CNCc1cccc(C)c1.[Y]. The van der Waals surface area contributed by atoms with Crippen LogP contribution in [0.3, 0.4) is 0 Å². The second-order valence-corrected chi connectivity index (χ2v) is 6.89. The smallest absolute Gasteiger partial charge is 0.234 e. The first-order chi connectivity index (χ1) is 13.0. The van der Waals surface area contributed by atoms with Gasteiger partial charge in [0.2, 0.25) is 5.91 Å². The third-order valence-corrected chi connectivity index (χ3v) is 4.50. The van der Waals surface area contributed by atoms with Crippen LogP contribution in [-0.2, 0) is 50.5 Å². The van der Waals surface area contributed by atoms with Crippen molar-refractivity contribution in [2.45, 2.75) is 44.5 Å². The summed E-state index contributed by atoms with van der Waals surface area (Å²) in [6.07, 6.45) is 0.103. The van der Waals surface area contributed by atoms with Crippen LogP contribution in [0.25, 0.3) is 0 Å². The van der Waals surface area contributed by atoms with Gasteiger partial charge in [0, 0.05) is 45.8 Å². The average molecular weight is 457 g/mol. The summed E-state index contributed by atoms with van der Waals surface area (Å²) in [7, 11) is 0. The minimum atomic E-state index is -0.740. The van der Waals surface area contributed by atoms with Crippen molar-refractivity contribution in [3.05, 3.63) is 78.2 Å². The summed E-state index contributed by atoms with van der Waals surface area (Å²) in [5.41, 5.74) is 9.18. The van der Waals surface area contributed by atoms with E-state index in [4.69, 9.17) is 5.73 Å². The van der Waals surface area contributed by atoms with E-state index in [0.29, 0.717) is 25.9 Å². The molecule has 0 bridgehead atoms. The van der Waals surface area contributed by atoms with Crippen LogP contribution in [0.2, 0.25) is 0 Å². The van der Waals surface area contributed by atoms with Gasteiger partial charge in [-0.2, -0.15) is 6.42 Å². The largest absolute Gasteiger partial charge is 0.390 e. The predicted octanol–water partition coefficient (Wildman–Crippen LogP) is 1.72. The fourth-order valence-electron chi connectivity index (χ4n) is 2.90. The molecule has 3 atom stereocenters. The van der Waals surface area contributed by atoms with Crippen LogP contribution < -0.4 is 16.4 Å². The average Bonchev–Trinajstić information content (AvgIpc) is 2.67. The van der Waals surface area contributed by atoms with E-state index < -0.39 is 18.2 Å². The normalized spacial score (nSPS) is 13.9. The van der Waals surface area contributed by atoms with Gasteiger partial charge in [-0.15, -0.1) is 0 Å². The number of aryl methyl sites for hydroxylation is 1. The summed E-state index contributed by atoms with van der Waals surface area (Å²) in [6.45, 7) is 6.75. The van der Waals surface area contributed by atoms with Gasteiger partial charge < -0.3 is 28.4 Å². The summed E-state index contributed by atoms with van der Waals surface area (Å²) in [5.74, 6) is -0.288. The van der Waals surface area contributed by atoms with Crippen molar-refractivity contribution in [2.24, 2.45) is 5.73 Å². The van der Waals surface area contributed by atoms with Crippen LogP contribution in [-0.4, -0.2) is 35.7 Å². The molecule has 0 saturated carbocycles. The van der Waals surface area contributed by atoms with E-state index in [2.05, 4.69) is 36.6 Å². The number of carbonyl (C=O) groups excluding carboxylic acids is 1. The van der Waals surface area contributed by atoms with Crippen molar-refractivity contribution in [1.29, 1.82) is 0 Å². The molecule has 0 saturated heterocycles. The van der Waals surface area contributed by atoms with Crippen LogP contribution in [0, 0.1) is 13.8 Å². The van der Waals surface area contributed by atoms with E-state index in [1.807, 2.05) is 42.5 Å². The number of carbonyl (C=O) groups is 1. The summed E-state index contributed by atoms with van der Waals surface area (Å²) in [5, 5.41) is 16.8. The monoisotopic (exact) mass is 457 g/mol. The first kappa shape index (κ1) is 24.9. The molecule has 0 aliphatic rings. The van der Waals surface area contributed by atoms with Gasteiger partial charge in [0.05, 0.1) is 18.2 Å². The Hall–Kier alpha value is -1.11. The topological polar surface area (TPSA) is 87.4 Å². The van der Waals surface area contributed by atoms with Gasteiger partial charge in [-0.25, -0.2) is 0 Å². The van der Waals surface area contributed by atoms with Crippen molar-refractivity contribution in [1.82, 2.24) is 10.6 Å². The molecule has 6 heteroatoms. The quantitative estimate of drug-likeness (QED) is 0.410. The molecular formula is C22H30N3O2Y-. The predicted molar refractivity (Wildman–Crippen MR) is 109 cm³/mol. The van der Waals surface area contributed by atoms with Crippen molar-refractivity contribution in [2.75, 3.05) is 6.54 Å². The van der Waals surface area contributed by atoms with Crippen LogP contribution >= 0.6 is 0 Å². The second kappa shape index (κ2) is 13.2. The Morgan fingerprint density at radius 1 is 1.14 bits per heavy atom. The molecule has 0 spiro atoms. The minimum Gasteiger partial charge on any atom is -0.390 e. The minimum absolute atomic E-state index is 0.